The lowest BCUT2D eigenvalue weighted by Crippen LogP contribution is -2.56. The van der Waals surface area contributed by atoms with Gasteiger partial charge < -0.3 is 19.4 Å². The van der Waals surface area contributed by atoms with Crippen molar-refractivity contribution in [2.24, 2.45) is 5.92 Å². The van der Waals surface area contributed by atoms with Crippen molar-refractivity contribution in [2.75, 3.05) is 50.8 Å². The third kappa shape index (κ3) is 4.93. The normalized spacial score (nSPS) is 27.8. The van der Waals surface area contributed by atoms with Crippen LogP contribution in [0.1, 0.15) is 42.7 Å². The number of alkyl halides is 1. The van der Waals surface area contributed by atoms with Crippen LogP contribution in [0.4, 0.5) is 23.4 Å². The van der Waals surface area contributed by atoms with Gasteiger partial charge in [0.15, 0.2) is 11.6 Å². The number of rotatable bonds is 7. The summed E-state index contributed by atoms with van der Waals surface area (Å²) < 4.78 is 66.1. The number of ether oxygens (including phenoxy) is 1. The van der Waals surface area contributed by atoms with Crippen molar-refractivity contribution in [1.82, 2.24) is 19.8 Å². The van der Waals surface area contributed by atoms with Gasteiger partial charge in [-0.2, -0.15) is 9.97 Å². The van der Waals surface area contributed by atoms with Crippen LogP contribution in [-0.4, -0.2) is 89.3 Å². The average molecular weight is 647 g/mol. The SMILES string of the molecule is [C-]#[N+]C[C@H]1CN(c2nc(OC[C@@]34CCCN3C[C@H](F)C4)nc3c(F)c(-c4ccc(F)c5c4CC4CC54)ccc23)CCN1C(=O)C(=C)F. The molecule has 8 nitrogen and oxygen atoms in total. The molecule has 0 N–H and O–H groups in total. The summed E-state index contributed by atoms with van der Waals surface area (Å²) >= 11 is 0. The molecule has 2 aromatic carbocycles. The fourth-order valence-corrected chi connectivity index (χ4v) is 8.62. The number of carbonyl (C=O) groups excluding carboxylic acids is 1. The number of hydrogen-bond acceptors (Lipinski definition) is 6. The van der Waals surface area contributed by atoms with Crippen LogP contribution in [0, 0.1) is 24.1 Å². The minimum Gasteiger partial charge on any atom is -0.461 e. The van der Waals surface area contributed by atoms with E-state index in [0.717, 1.165) is 31.4 Å². The number of fused-ring (bicyclic) bond motifs is 5. The van der Waals surface area contributed by atoms with Crippen molar-refractivity contribution in [3.63, 3.8) is 0 Å². The second-order valence-electron chi connectivity index (χ2n) is 13.7. The van der Waals surface area contributed by atoms with Gasteiger partial charge in [-0.15, -0.1) is 0 Å². The predicted octanol–water partition coefficient (Wildman–Crippen LogP) is 5.61. The summed E-state index contributed by atoms with van der Waals surface area (Å²) in [5, 5.41) is 0.404. The number of nitrogens with zero attached hydrogens (tertiary/aromatic N) is 6. The Morgan fingerprint density at radius 1 is 1.13 bits per heavy atom. The number of carbonyl (C=O) groups is 1. The van der Waals surface area contributed by atoms with Crippen LogP contribution in [0.3, 0.4) is 0 Å². The number of hydrogen-bond donors (Lipinski definition) is 0. The maximum absolute atomic E-state index is 16.8. The van der Waals surface area contributed by atoms with E-state index in [0.29, 0.717) is 53.2 Å². The minimum absolute atomic E-state index is 0.0247. The molecule has 0 spiro atoms. The molecule has 12 heteroatoms. The third-order valence-corrected chi connectivity index (χ3v) is 10.9. The summed E-state index contributed by atoms with van der Waals surface area (Å²) in [6, 6.07) is 5.74. The highest BCUT2D eigenvalue weighted by atomic mass is 19.1. The Hall–Kier alpha value is -4.24. The summed E-state index contributed by atoms with van der Waals surface area (Å²) in [4.78, 5) is 30.6. The Morgan fingerprint density at radius 3 is 2.77 bits per heavy atom. The van der Waals surface area contributed by atoms with Crippen LogP contribution >= 0.6 is 0 Å². The topological polar surface area (TPSA) is 66.2 Å². The van der Waals surface area contributed by atoms with Gasteiger partial charge in [0.05, 0.1) is 5.54 Å². The van der Waals surface area contributed by atoms with Crippen molar-refractivity contribution in [1.29, 1.82) is 0 Å². The van der Waals surface area contributed by atoms with Crippen molar-refractivity contribution >= 4 is 22.6 Å². The molecule has 244 valence electrons. The summed E-state index contributed by atoms with van der Waals surface area (Å²) in [5.41, 5.74) is 2.04. The molecule has 1 saturated carbocycles. The predicted molar refractivity (Wildman–Crippen MR) is 167 cm³/mol. The summed E-state index contributed by atoms with van der Waals surface area (Å²) in [5.74, 6) is -1.85. The van der Waals surface area contributed by atoms with Gasteiger partial charge in [-0.25, -0.2) is 24.1 Å². The molecular formula is C35H34F4N6O2. The number of aromatic nitrogens is 2. The second-order valence-corrected chi connectivity index (χ2v) is 13.7. The van der Waals surface area contributed by atoms with Gasteiger partial charge in [0.2, 0.25) is 6.54 Å². The molecule has 47 heavy (non-hydrogen) atoms. The van der Waals surface area contributed by atoms with Crippen molar-refractivity contribution in [3.05, 3.63) is 70.8 Å². The zero-order chi connectivity index (χ0) is 32.6. The zero-order valence-electron chi connectivity index (χ0n) is 25.8. The number of benzene rings is 2. The fourth-order valence-electron chi connectivity index (χ4n) is 8.62. The first-order valence-corrected chi connectivity index (χ1v) is 16.2. The molecule has 3 aliphatic heterocycles. The molecule has 5 aliphatic rings. The Bertz CT molecular complexity index is 1860. The summed E-state index contributed by atoms with van der Waals surface area (Å²) in [6.45, 7) is 12.3. The molecule has 3 aromatic rings. The minimum atomic E-state index is -1.10. The lowest BCUT2D eigenvalue weighted by Gasteiger charge is -2.39. The molecule has 0 bridgehead atoms. The van der Waals surface area contributed by atoms with E-state index in [1.54, 1.807) is 18.2 Å². The van der Waals surface area contributed by atoms with Gasteiger partial charge in [0.25, 0.3) is 5.91 Å². The Kier molecular flexibility index (Phi) is 7.17. The van der Waals surface area contributed by atoms with Gasteiger partial charge in [-0.05, 0) is 72.9 Å². The molecule has 1 amide bonds. The monoisotopic (exact) mass is 646 g/mol. The summed E-state index contributed by atoms with van der Waals surface area (Å²) in [7, 11) is 0. The van der Waals surface area contributed by atoms with Gasteiger partial charge in [0, 0.05) is 43.5 Å². The van der Waals surface area contributed by atoms with E-state index < -0.39 is 35.3 Å². The number of piperazine rings is 1. The van der Waals surface area contributed by atoms with E-state index in [1.807, 2.05) is 4.90 Å². The molecule has 8 rings (SSSR count). The quantitative estimate of drug-likeness (QED) is 0.189. The number of halogens is 4. The molecule has 3 saturated heterocycles. The van der Waals surface area contributed by atoms with Gasteiger partial charge >= 0.3 is 6.01 Å². The van der Waals surface area contributed by atoms with Crippen LogP contribution < -0.4 is 9.64 Å². The first-order chi connectivity index (χ1) is 22.7. The van der Waals surface area contributed by atoms with Crippen molar-refractivity contribution in [3.8, 4) is 17.1 Å². The van der Waals surface area contributed by atoms with Crippen LogP contribution in [0.25, 0.3) is 26.9 Å². The standard InChI is InChI=1S/C35H34F4N6O2/c1-19(36)33(46)45-11-10-43(17-22(45)15-40-2)32-25-5-4-24(23-6-7-28(38)29-26-12-20(26)13-27(23)29)30(39)31(25)41-34(42-32)47-18-35-8-3-9-44(35)16-21(37)14-35/h4-7,20-22,26H,1,3,8-18H2/t20?,21-,22+,26?,35+/m1/s1. The number of amides is 1. The lowest BCUT2D eigenvalue weighted by atomic mass is 9.93. The molecule has 4 fully saturated rings. The largest absolute Gasteiger partial charge is 0.461 e. The second kappa shape index (κ2) is 11.2. The molecular weight excluding hydrogens is 612 g/mol. The first kappa shape index (κ1) is 30.1. The van der Waals surface area contributed by atoms with E-state index in [9.17, 15) is 18.0 Å². The highest BCUT2D eigenvalue weighted by molar-refractivity contribution is 5.95. The Labute approximate surface area is 269 Å². The fraction of sp³-hybridized carbons (Fsp3) is 0.486. The van der Waals surface area contributed by atoms with E-state index in [2.05, 4.69) is 21.3 Å². The number of anilines is 1. The highest BCUT2D eigenvalue weighted by Gasteiger charge is 2.50. The maximum Gasteiger partial charge on any atom is 0.319 e. The van der Waals surface area contributed by atoms with Gasteiger partial charge in [0.1, 0.15) is 36.0 Å². The smallest absolute Gasteiger partial charge is 0.319 e. The molecule has 0 radical (unpaired) electrons. The van der Waals surface area contributed by atoms with Crippen LogP contribution in [0.15, 0.2) is 36.7 Å². The third-order valence-electron chi connectivity index (χ3n) is 10.9. The molecule has 1 aromatic heterocycles. The van der Waals surface area contributed by atoms with E-state index >= 15 is 4.39 Å². The van der Waals surface area contributed by atoms with Crippen molar-refractivity contribution < 1.29 is 27.1 Å². The summed E-state index contributed by atoms with van der Waals surface area (Å²) in [6.07, 6.45) is 2.77. The Balaban J connectivity index is 1.20. The first-order valence-electron chi connectivity index (χ1n) is 16.2. The van der Waals surface area contributed by atoms with Crippen molar-refractivity contribution in [2.45, 2.75) is 55.8 Å². The zero-order valence-corrected chi connectivity index (χ0v) is 25.8. The maximum atomic E-state index is 16.8. The van der Waals surface area contributed by atoms with Gasteiger partial charge in [-0.3, -0.25) is 9.69 Å². The van der Waals surface area contributed by atoms with Crippen LogP contribution in [0.2, 0.25) is 0 Å². The molecule has 4 heterocycles. The average Bonchev–Trinajstić information content (AvgIpc) is 3.36. The Morgan fingerprint density at radius 2 is 1.96 bits per heavy atom. The van der Waals surface area contributed by atoms with E-state index in [1.165, 1.54) is 11.0 Å². The highest BCUT2D eigenvalue weighted by Crippen LogP contribution is 2.58. The van der Waals surface area contributed by atoms with Crippen LogP contribution in [0.5, 0.6) is 6.01 Å². The molecule has 2 unspecified atom stereocenters. The van der Waals surface area contributed by atoms with Crippen LogP contribution in [-0.2, 0) is 11.2 Å². The van der Waals surface area contributed by atoms with E-state index in [-0.39, 0.29) is 56.0 Å². The van der Waals surface area contributed by atoms with Gasteiger partial charge in [-0.1, -0.05) is 18.7 Å². The lowest BCUT2D eigenvalue weighted by molar-refractivity contribution is -0.131. The van der Waals surface area contributed by atoms with E-state index in [4.69, 9.17) is 16.3 Å². The molecule has 5 atom stereocenters. The molecule has 2 aliphatic carbocycles.